The zero-order valence-corrected chi connectivity index (χ0v) is 30.9. The number of rotatable bonds is 5. The van der Waals surface area contributed by atoms with Crippen LogP contribution in [0.2, 0.25) is 0 Å². The monoisotopic (exact) mass is 864 g/mol. The smallest absolute Gasteiger partial charge is 0.220 e. The fourth-order valence-electron chi connectivity index (χ4n) is 6.93. The molecule has 9 aromatic rings. The number of aromatic hydroxyl groups is 13. The number of hydrogen-bond acceptors (Lipinski definition) is 21. The van der Waals surface area contributed by atoms with Crippen molar-refractivity contribution in [2.45, 2.75) is 0 Å². The SMILES string of the molecule is Oc1cc(O)cc(Oc2c(O)cc(O)c3c2Oc2c(O)cc(O)c(-c4c(O)cc(O)c5oc6c(O)c7oc8c(Oc9cc(O)cc(O)c9)c(O)cc(O)c8oc7cc6oc45)c2O3)c1. The van der Waals surface area contributed by atoms with Gasteiger partial charge >= 0.3 is 0 Å². The number of ether oxygens (including phenoxy) is 4. The summed E-state index contributed by atoms with van der Waals surface area (Å²) in [5.74, 6) is -12.2. The molecule has 21 nitrogen and oxygen atoms in total. The zero-order chi connectivity index (χ0) is 44.3. The Morgan fingerprint density at radius 1 is 0.302 bits per heavy atom. The molecule has 0 amide bonds. The predicted molar refractivity (Wildman–Crippen MR) is 210 cm³/mol. The van der Waals surface area contributed by atoms with Crippen LogP contribution in [0.4, 0.5) is 0 Å². The van der Waals surface area contributed by atoms with E-state index in [2.05, 4.69) is 0 Å². The third-order valence-corrected chi connectivity index (χ3v) is 9.52. The minimum Gasteiger partial charge on any atom is -0.508 e. The highest BCUT2D eigenvalue weighted by molar-refractivity contribution is 6.04. The van der Waals surface area contributed by atoms with E-state index in [1.807, 2.05) is 0 Å². The molecule has 0 spiro atoms. The molecule has 10 rings (SSSR count). The lowest BCUT2D eigenvalue weighted by Crippen LogP contribution is -2.04. The first-order valence-electron chi connectivity index (χ1n) is 17.8. The molecule has 0 saturated heterocycles. The van der Waals surface area contributed by atoms with E-state index in [4.69, 9.17) is 36.6 Å². The van der Waals surface area contributed by atoms with E-state index < -0.39 is 154 Å². The van der Waals surface area contributed by atoms with E-state index in [1.54, 1.807) is 0 Å². The van der Waals surface area contributed by atoms with E-state index in [0.29, 0.717) is 0 Å². The molecule has 3 heterocycles. The zero-order valence-electron chi connectivity index (χ0n) is 30.9. The van der Waals surface area contributed by atoms with Gasteiger partial charge in [0.15, 0.2) is 57.0 Å². The van der Waals surface area contributed by atoms with Crippen molar-refractivity contribution in [3.05, 3.63) is 66.7 Å². The molecule has 0 bridgehead atoms. The van der Waals surface area contributed by atoms with E-state index in [0.717, 1.165) is 66.7 Å². The fourth-order valence-corrected chi connectivity index (χ4v) is 6.93. The molecular weight excluding hydrogens is 840 g/mol. The average Bonchev–Trinajstić information content (AvgIpc) is 3.20. The van der Waals surface area contributed by atoms with Crippen molar-refractivity contribution in [2.24, 2.45) is 0 Å². The van der Waals surface area contributed by atoms with Crippen LogP contribution in [0, 0.1) is 0 Å². The summed E-state index contributed by atoms with van der Waals surface area (Å²) >= 11 is 0. The molecule has 1 aliphatic heterocycles. The van der Waals surface area contributed by atoms with Crippen LogP contribution >= 0.6 is 0 Å². The lowest BCUT2D eigenvalue weighted by Gasteiger charge is -2.26. The largest absolute Gasteiger partial charge is 0.508 e. The van der Waals surface area contributed by atoms with E-state index >= 15 is 0 Å². The summed E-state index contributed by atoms with van der Waals surface area (Å²) in [7, 11) is 0. The summed E-state index contributed by atoms with van der Waals surface area (Å²) in [6.07, 6.45) is 0. The van der Waals surface area contributed by atoms with E-state index in [9.17, 15) is 66.4 Å². The van der Waals surface area contributed by atoms with Gasteiger partial charge in [0.05, 0.1) is 11.1 Å². The van der Waals surface area contributed by atoms with Gasteiger partial charge < -0.3 is 103 Å². The Kier molecular flexibility index (Phi) is 7.86. The molecule has 13 N–H and O–H groups in total. The Bertz CT molecular complexity index is 3470. The lowest BCUT2D eigenvalue weighted by atomic mass is 9.99. The summed E-state index contributed by atoms with van der Waals surface area (Å²) in [6.45, 7) is 0. The minimum absolute atomic E-state index is 0.188. The second-order valence-electron chi connectivity index (χ2n) is 13.8. The van der Waals surface area contributed by atoms with Gasteiger partial charge in [0, 0.05) is 66.7 Å². The predicted octanol–water partition coefficient (Wildman–Crippen LogP) is 9.12. The summed E-state index contributed by atoms with van der Waals surface area (Å²) in [5, 5.41) is 139. The Hall–Kier alpha value is -9.66. The maximum Gasteiger partial charge on any atom is 0.220 e. The van der Waals surface area contributed by atoms with Gasteiger partial charge in [0.25, 0.3) is 0 Å². The second kappa shape index (κ2) is 13.2. The molecule has 0 aliphatic carbocycles. The lowest BCUT2D eigenvalue weighted by molar-refractivity contribution is 0.300. The molecule has 63 heavy (non-hydrogen) atoms. The van der Waals surface area contributed by atoms with Gasteiger partial charge in [-0.15, -0.1) is 0 Å². The van der Waals surface area contributed by atoms with Crippen molar-refractivity contribution in [3.8, 4) is 132 Å². The van der Waals surface area contributed by atoms with E-state index in [1.165, 1.54) is 0 Å². The number of phenols is 13. The Labute approximate surface area is 345 Å². The first kappa shape index (κ1) is 37.6. The number of phenolic OH excluding ortho intramolecular Hbond substituents is 13. The molecule has 0 radical (unpaired) electrons. The van der Waals surface area contributed by atoms with Gasteiger partial charge in [-0.1, -0.05) is 0 Å². The average molecular weight is 865 g/mol. The van der Waals surface area contributed by atoms with Crippen LogP contribution in [0.25, 0.3) is 55.8 Å². The van der Waals surface area contributed by atoms with Gasteiger partial charge in [-0.25, -0.2) is 0 Å². The molecule has 318 valence electrons. The summed E-state index contributed by atoms with van der Waals surface area (Å²) in [6, 6.07) is 10.6. The van der Waals surface area contributed by atoms with Gasteiger partial charge in [-0.3, -0.25) is 0 Å². The third-order valence-electron chi connectivity index (χ3n) is 9.52. The summed E-state index contributed by atoms with van der Waals surface area (Å²) < 4.78 is 47.0. The Morgan fingerprint density at radius 3 is 1.33 bits per heavy atom. The maximum absolute atomic E-state index is 11.5. The summed E-state index contributed by atoms with van der Waals surface area (Å²) in [5.41, 5.74) is -4.80. The van der Waals surface area contributed by atoms with Crippen LogP contribution in [0.5, 0.6) is 121 Å². The molecule has 0 unspecified atom stereocenters. The van der Waals surface area contributed by atoms with E-state index in [-0.39, 0.29) is 22.7 Å². The molecule has 0 atom stereocenters. The molecule has 1 aliphatic rings. The molecule has 2 aromatic heterocycles. The highest BCUT2D eigenvalue weighted by Gasteiger charge is 2.37. The maximum atomic E-state index is 11.5. The van der Waals surface area contributed by atoms with Crippen molar-refractivity contribution >= 4 is 44.7 Å². The number of hydrogen-bond donors (Lipinski definition) is 13. The second-order valence-corrected chi connectivity index (χ2v) is 13.8. The van der Waals surface area contributed by atoms with Crippen molar-refractivity contribution in [2.75, 3.05) is 0 Å². The van der Waals surface area contributed by atoms with Crippen LogP contribution in [-0.4, -0.2) is 66.4 Å². The van der Waals surface area contributed by atoms with Crippen molar-refractivity contribution in [3.63, 3.8) is 0 Å². The van der Waals surface area contributed by atoms with Gasteiger partial charge in [-0.2, -0.15) is 0 Å². The summed E-state index contributed by atoms with van der Waals surface area (Å²) in [4.78, 5) is 0. The topological polar surface area (TPSA) is 352 Å². The van der Waals surface area contributed by atoms with Crippen LogP contribution in [-0.2, 0) is 0 Å². The fraction of sp³-hybridized carbons (Fsp3) is 0. The van der Waals surface area contributed by atoms with Crippen molar-refractivity contribution < 1.29 is 103 Å². The van der Waals surface area contributed by atoms with Crippen molar-refractivity contribution in [1.29, 1.82) is 0 Å². The van der Waals surface area contributed by atoms with Gasteiger partial charge in [-0.05, 0) is 0 Å². The molecule has 0 fully saturated rings. The highest BCUT2D eigenvalue weighted by Crippen LogP contribution is 2.64. The first-order chi connectivity index (χ1) is 30.0. The van der Waals surface area contributed by atoms with Crippen LogP contribution in [0.15, 0.2) is 84.4 Å². The van der Waals surface area contributed by atoms with Gasteiger partial charge in [0.1, 0.15) is 46.0 Å². The minimum atomic E-state index is -0.840. The van der Waals surface area contributed by atoms with Gasteiger partial charge in [0.2, 0.25) is 62.4 Å². The standard InChI is InChI=1S/C42H24O21/c43-12-1-13(44)4-16(3-12)56-33-22(51)9-24(53)35-41(33)63-38-26(58-35)11-27-37(30(38)55)60-31-20(49)7-18(47)28(39(31)59-27)29-19(48)8-21(50)32-40(29)61-36-25(54)10-23(52)34(42(36)62-32)57-17-5-14(45)2-15(46)6-17/h1-11,43-55H. The highest BCUT2D eigenvalue weighted by atomic mass is 16.6. The number of fused-ring (bicyclic) bond motifs is 6. The third kappa shape index (κ3) is 5.87. The Balaban J connectivity index is 1.15. The van der Waals surface area contributed by atoms with Crippen molar-refractivity contribution in [1.82, 2.24) is 0 Å². The van der Waals surface area contributed by atoms with Crippen LogP contribution in [0.3, 0.4) is 0 Å². The molecule has 21 heteroatoms. The molecule has 7 aromatic carbocycles. The Morgan fingerprint density at radius 2 is 0.730 bits per heavy atom. The van der Waals surface area contributed by atoms with Crippen LogP contribution < -0.4 is 18.9 Å². The number of benzene rings is 7. The first-order valence-corrected chi connectivity index (χ1v) is 17.8. The van der Waals surface area contributed by atoms with Crippen LogP contribution in [0.1, 0.15) is 0 Å². The molecule has 0 saturated carbocycles. The quantitative estimate of drug-likeness (QED) is 0.0717. The molecular formula is C42H24O21. The normalized spacial score (nSPS) is 11.9.